The summed E-state index contributed by atoms with van der Waals surface area (Å²) < 4.78 is 0. The zero-order valence-corrected chi connectivity index (χ0v) is 13.7. The van der Waals surface area contributed by atoms with E-state index in [4.69, 9.17) is 5.11 Å². The third-order valence-corrected chi connectivity index (χ3v) is 3.36. The Bertz CT molecular complexity index is 555. The largest absolute Gasteiger partial charge is 0.481 e. The van der Waals surface area contributed by atoms with Crippen LogP contribution >= 0.6 is 0 Å². The predicted octanol–water partition coefficient (Wildman–Crippen LogP) is 1.69. The highest BCUT2D eigenvalue weighted by molar-refractivity contribution is 5.94. The van der Waals surface area contributed by atoms with Crippen molar-refractivity contribution in [2.45, 2.75) is 32.1 Å². The molecule has 0 fully saturated rings. The summed E-state index contributed by atoms with van der Waals surface area (Å²) in [4.78, 5) is 35.4. The highest BCUT2D eigenvalue weighted by Crippen LogP contribution is 2.08. The van der Waals surface area contributed by atoms with Gasteiger partial charge in [-0.15, -0.1) is 0 Å². The quantitative estimate of drug-likeness (QED) is 0.678. The second-order valence-electron chi connectivity index (χ2n) is 5.60. The fraction of sp³-hybridized carbons (Fsp3) is 0.471. The highest BCUT2D eigenvalue weighted by atomic mass is 16.4. The number of carbonyl (C=O) groups is 3. The number of rotatable bonds is 9. The summed E-state index contributed by atoms with van der Waals surface area (Å²) in [5.74, 6) is -0.956. The van der Waals surface area contributed by atoms with Crippen LogP contribution in [0.4, 0.5) is 0 Å². The fourth-order valence-electron chi connectivity index (χ4n) is 2.11. The maximum absolute atomic E-state index is 11.9. The van der Waals surface area contributed by atoms with Gasteiger partial charge in [0.05, 0.1) is 0 Å². The average molecular weight is 320 g/mol. The molecular weight excluding hydrogens is 296 g/mol. The summed E-state index contributed by atoms with van der Waals surface area (Å²) in [6, 6.07) is 7.36. The minimum Gasteiger partial charge on any atom is -0.481 e. The first-order valence-corrected chi connectivity index (χ1v) is 7.69. The first-order chi connectivity index (χ1) is 10.9. The van der Waals surface area contributed by atoms with Crippen LogP contribution in [-0.4, -0.2) is 48.4 Å². The van der Waals surface area contributed by atoms with E-state index in [2.05, 4.69) is 5.32 Å². The zero-order chi connectivity index (χ0) is 17.2. The van der Waals surface area contributed by atoms with Crippen molar-refractivity contribution in [1.29, 1.82) is 0 Å². The molecule has 1 aromatic carbocycles. The van der Waals surface area contributed by atoms with E-state index in [-0.39, 0.29) is 18.2 Å². The molecule has 0 heterocycles. The number of hydrogen-bond donors (Lipinski definition) is 2. The van der Waals surface area contributed by atoms with E-state index >= 15 is 0 Å². The monoisotopic (exact) mass is 320 g/mol. The minimum absolute atomic E-state index is 0.0469. The van der Waals surface area contributed by atoms with Crippen LogP contribution in [0.25, 0.3) is 0 Å². The van der Waals surface area contributed by atoms with Crippen molar-refractivity contribution in [2.75, 3.05) is 20.6 Å². The highest BCUT2D eigenvalue weighted by Gasteiger charge is 2.08. The first kappa shape index (κ1) is 18.7. The van der Waals surface area contributed by atoms with Gasteiger partial charge in [-0.3, -0.25) is 14.4 Å². The van der Waals surface area contributed by atoms with Crippen LogP contribution in [0.15, 0.2) is 24.3 Å². The van der Waals surface area contributed by atoms with Crippen LogP contribution in [0.5, 0.6) is 0 Å². The Kier molecular flexibility index (Phi) is 7.80. The zero-order valence-electron chi connectivity index (χ0n) is 13.7. The normalized spacial score (nSPS) is 10.2. The molecule has 0 saturated heterocycles. The Morgan fingerprint density at radius 2 is 1.83 bits per heavy atom. The number of hydrogen-bond acceptors (Lipinski definition) is 3. The van der Waals surface area contributed by atoms with Crippen molar-refractivity contribution in [2.24, 2.45) is 0 Å². The minimum atomic E-state index is -0.836. The SMILES string of the molecule is CN(C)C(=O)c1cccc(CCNC(=O)CCCCC(=O)O)c1. The van der Waals surface area contributed by atoms with Gasteiger partial charge < -0.3 is 15.3 Å². The Hall–Kier alpha value is -2.37. The number of unbranched alkanes of at least 4 members (excludes halogenated alkanes) is 1. The van der Waals surface area contributed by atoms with Gasteiger partial charge in [0.1, 0.15) is 0 Å². The van der Waals surface area contributed by atoms with Crippen molar-refractivity contribution in [3.63, 3.8) is 0 Å². The van der Waals surface area contributed by atoms with E-state index in [0.717, 1.165) is 5.56 Å². The number of carboxylic acids is 1. The molecule has 0 aliphatic carbocycles. The third kappa shape index (κ3) is 7.44. The number of amides is 2. The van der Waals surface area contributed by atoms with E-state index < -0.39 is 5.97 Å². The van der Waals surface area contributed by atoms with Crippen LogP contribution in [0.2, 0.25) is 0 Å². The molecule has 0 aromatic heterocycles. The van der Waals surface area contributed by atoms with Gasteiger partial charge in [0.2, 0.25) is 5.91 Å². The van der Waals surface area contributed by atoms with Gasteiger partial charge in [-0.1, -0.05) is 12.1 Å². The lowest BCUT2D eigenvalue weighted by molar-refractivity contribution is -0.137. The van der Waals surface area contributed by atoms with Crippen LogP contribution in [0.3, 0.4) is 0 Å². The van der Waals surface area contributed by atoms with E-state index in [1.165, 1.54) is 4.90 Å². The second-order valence-corrected chi connectivity index (χ2v) is 5.60. The number of nitrogens with zero attached hydrogens (tertiary/aromatic N) is 1. The van der Waals surface area contributed by atoms with Crippen LogP contribution in [0.1, 0.15) is 41.6 Å². The molecule has 0 spiro atoms. The first-order valence-electron chi connectivity index (χ1n) is 7.69. The van der Waals surface area contributed by atoms with Crippen molar-refractivity contribution in [1.82, 2.24) is 10.2 Å². The molecule has 1 aromatic rings. The topological polar surface area (TPSA) is 86.7 Å². The Labute approximate surface area is 136 Å². The van der Waals surface area contributed by atoms with Gasteiger partial charge in [0.25, 0.3) is 5.91 Å². The lowest BCUT2D eigenvalue weighted by Crippen LogP contribution is -2.25. The van der Waals surface area contributed by atoms with Crippen molar-refractivity contribution < 1.29 is 19.5 Å². The Morgan fingerprint density at radius 1 is 1.13 bits per heavy atom. The summed E-state index contributed by atoms with van der Waals surface area (Å²) in [5, 5.41) is 11.3. The Balaban J connectivity index is 2.33. The standard InChI is InChI=1S/C17H24N2O4/c1-19(2)17(23)14-7-5-6-13(12-14)10-11-18-15(20)8-3-4-9-16(21)22/h5-7,12H,3-4,8-11H2,1-2H3,(H,18,20)(H,21,22). The van der Waals surface area contributed by atoms with Crippen LogP contribution in [-0.2, 0) is 16.0 Å². The van der Waals surface area contributed by atoms with Crippen molar-refractivity contribution >= 4 is 17.8 Å². The summed E-state index contributed by atoms with van der Waals surface area (Å²) in [5.41, 5.74) is 1.62. The number of nitrogens with one attached hydrogen (secondary N) is 1. The fourth-order valence-corrected chi connectivity index (χ4v) is 2.11. The lowest BCUT2D eigenvalue weighted by atomic mass is 10.1. The molecule has 0 aliphatic heterocycles. The van der Waals surface area contributed by atoms with Gasteiger partial charge >= 0.3 is 5.97 Å². The molecule has 0 unspecified atom stereocenters. The van der Waals surface area contributed by atoms with E-state index in [1.54, 1.807) is 20.2 Å². The third-order valence-electron chi connectivity index (χ3n) is 3.36. The maximum atomic E-state index is 11.9. The second kappa shape index (κ2) is 9.61. The van der Waals surface area contributed by atoms with E-state index in [1.807, 2.05) is 18.2 Å². The smallest absolute Gasteiger partial charge is 0.303 e. The molecule has 2 amide bonds. The molecule has 0 bridgehead atoms. The predicted molar refractivity (Wildman–Crippen MR) is 87.3 cm³/mol. The number of aliphatic carboxylic acids is 1. The van der Waals surface area contributed by atoms with Gasteiger partial charge in [0.15, 0.2) is 0 Å². The number of carbonyl (C=O) groups excluding carboxylic acids is 2. The number of benzene rings is 1. The summed E-state index contributed by atoms with van der Waals surface area (Å²) in [6.45, 7) is 0.497. The molecule has 2 N–H and O–H groups in total. The summed E-state index contributed by atoms with van der Waals surface area (Å²) in [6.07, 6.45) is 2.17. The van der Waals surface area contributed by atoms with Gasteiger partial charge in [-0.2, -0.15) is 0 Å². The molecule has 1 rings (SSSR count). The van der Waals surface area contributed by atoms with E-state index in [0.29, 0.717) is 37.8 Å². The molecule has 6 heteroatoms. The molecule has 0 aliphatic rings. The molecule has 23 heavy (non-hydrogen) atoms. The summed E-state index contributed by atoms with van der Waals surface area (Å²) >= 11 is 0. The van der Waals surface area contributed by atoms with Crippen molar-refractivity contribution in [3.05, 3.63) is 35.4 Å². The molecular formula is C17H24N2O4. The van der Waals surface area contributed by atoms with E-state index in [9.17, 15) is 14.4 Å². The lowest BCUT2D eigenvalue weighted by Gasteiger charge is -2.11. The van der Waals surface area contributed by atoms with Crippen molar-refractivity contribution in [3.8, 4) is 0 Å². The average Bonchev–Trinajstić information content (AvgIpc) is 2.51. The molecule has 0 saturated carbocycles. The molecule has 0 atom stereocenters. The molecule has 0 radical (unpaired) electrons. The van der Waals surface area contributed by atoms with Gasteiger partial charge in [-0.25, -0.2) is 0 Å². The maximum Gasteiger partial charge on any atom is 0.303 e. The van der Waals surface area contributed by atoms with Crippen LogP contribution < -0.4 is 5.32 Å². The molecule has 126 valence electrons. The van der Waals surface area contributed by atoms with Gasteiger partial charge in [-0.05, 0) is 37.0 Å². The van der Waals surface area contributed by atoms with Crippen LogP contribution in [0, 0.1) is 0 Å². The summed E-state index contributed by atoms with van der Waals surface area (Å²) in [7, 11) is 3.42. The number of carboxylic acid groups (broad SMARTS) is 1. The Morgan fingerprint density at radius 3 is 2.48 bits per heavy atom. The van der Waals surface area contributed by atoms with Gasteiger partial charge in [0, 0.05) is 39.0 Å². The molecule has 6 nitrogen and oxygen atoms in total.